The molecular formula is C36H50N3O11S-. The van der Waals surface area contributed by atoms with E-state index in [1.807, 2.05) is 51.1 Å². The van der Waals surface area contributed by atoms with Crippen LogP contribution in [0.15, 0.2) is 53.4 Å². The predicted octanol–water partition coefficient (Wildman–Crippen LogP) is 3.12. The van der Waals surface area contributed by atoms with Crippen LogP contribution in [0.5, 0.6) is 11.5 Å². The van der Waals surface area contributed by atoms with Crippen LogP contribution in [0.3, 0.4) is 0 Å². The van der Waals surface area contributed by atoms with Crippen LogP contribution in [-0.4, -0.2) is 106 Å². The third kappa shape index (κ3) is 9.83. The molecule has 0 unspecified atom stereocenters. The first kappa shape index (κ1) is 38.6. The van der Waals surface area contributed by atoms with Gasteiger partial charge in [-0.05, 0) is 55.2 Å². The summed E-state index contributed by atoms with van der Waals surface area (Å²) in [5, 5.41) is 27.7. The van der Waals surface area contributed by atoms with Gasteiger partial charge in [0.1, 0.15) is 6.09 Å². The zero-order valence-corrected chi connectivity index (χ0v) is 30.3. The molecule has 0 aliphatic carbocycles. The van der Waals surface area contributed by atoms with Gasteiger partial charge in [-0.15, -0.1) is 0 Å². The van der Waals surface area contributed by atoms with Gasteiger partial charge >= 0.3 is 6.09 Å². The zero-order valence-electron chi connectivity index (χ0n) is 29.5. The molecule has 5 atom stereocenters. The number of aliphatic hydroxyl groups is 1. The number of carboxylic acid groups (broad SMARTS) is 1. The topological polar surface area (TPSA) is 176 Å². The van der Waals surface area contributed by atoms with Crippen molar-refractivity contribution in [2.75, 3.05) is 46.2 Å². The Labute approximate surface area is 300 Å². The third-order valence-electron chi connectivity index (χ3n) is 9.63. The molecule has 282 valence electrons. The second-order valence-corrected chi connectivity index (χ2v) is 16.0. The van der Waals surface area contributed by atoms with E-state index in [4.69, 9.17) is 23.7 Å². The van der Waals surface area contributed by atoms with Gasteiger partial charge in [-0.3, -0.25) is 0 Å². The first-order valence-electron chi connectivity index (χ1n) is 17.6. The lowest BCUT2D eigenvalue weighted by molar-refractivity contribution is -0.273. The molecule has 3 heterocycles. The second-order valence-electron chi connectivity index (χ2n) is 14.1. The largest absolute Gasteiger partial charge is 0.530 e. The van der Waals surface area contributed by atoms with Crippen LogP contribution in [0.4, 0.5) is 9.59 Å². The van der Waals surface area contributed by atoms with Gasteiger partial charge in [0.15, 0.2) is 17.8 Å². The van der Waals surface area contributed by atoms with Gasteiger partial charge < -0.3 is 48.9 Å². The van der Waals surface area contributed by atoms with Crippen LogP contribution in [0, 0.1) is 11.3 Å². The molecule has 2 aromatic rings. The van der Waals surface area contributed by atoms with Gasteiger partial charge in [0.25, 0.3) is 0 Å². The van der Waals surface area contributed by atoms with Crippen molar-refractivity contribution in [3.8, 4) is 11.5 Å². The van der Waals surface area contributed by atoms with Crippen LogP contribution in [-0.2, 0) is 30.7 Å². The van der Waals surface area contributed by atoms with Crippen molar-refractivity contribution >= 4 is 22.2 Å². The lowest BCUT2D eigenvalue weighted by Gasteiger charge is -2.43. The summed E-state index contributed by atoms with van der Waals surface area (Å²) in [6, 6.07) is 11.8. The first-order chi connectivity index (χ1) is 24.4. The molecule has 0 radical (unpaired) electrons. The average molecular weight is 733 g/mol. The summed E-state index contributed by atoms with van der Waals surface area (Å²) in [5.74, 6) is 0.470. The van der Waals surface area contributed by atoms with E-state index < -0.39 is 58.6 Å². The maximum absolute atomic E-state index is 14.5. The van der Waals surface area contributed by atoms with Gasteiger partial charge in [-0.1, -0.05) is 57.5 Å². The normalized spacial score (nSPS) is 20.9. The minimum absolute atomic E-state index is 0.0151. The van der Waals surface area contributed by atoms with Crippen molar-refractivity contribution in [3.63, 3.8) is 0 Å². The number of unbranched alkanes of at least 4 members (excludes halogenated alkanes) is 1. The molecule has 2 N–H and O–H groups in total. The molecule has 0 spiro atoms. The number of alkyl carbamates (subject to hydrolysis) is 1. The molecule has 0 aromatic heterocycles. The maximum Gasteiger partial charge on any atom is 0.407 e. The number of aliphatic hydroxyl groups excluding tert-OH is 1. The van der Waals surface area contributed by atoms with Crippen LogP contribution in [0.2, 0.25) is 0 Å². The molecule has 15 heteroatoms. The molecule has 14 nitrogen and oxygen atoms in total. The summed E-state index contributed by atoms with van der Waals surface area (Å²) in [6.45, 7) is 6.63. The number of carbonyl (C=O) groups is 2. The van der Waals surface area contributed by atoms with Crippen LogP contribution >= 0.6 is 0 Å². The van der Waals surface area contributed by atoms with E-state index in [1.54, 1.807) is 0 Å². The molecular weight excluding hydrogens is 682 g/mol. The summed E-state index contributed by atoms with van der Waals surface area (Å²) in [7, 11) is -4.25. The lowest BCUT2D eigenvalue weighted by atomic mass is 9.87. The number of ether oxygens (including phenoxy) is 5. The van der Waals surface area contributed by atoms with E-state index in [9.17, 15) is 28.2 Å². The van der Waals surface area contributed by atoms with Crippen molar-refractivity contribution < 1.29 is 51.9 Å². The number of sulfonamides is 1. The Bertz CT molecular complexity index is 1580. The van der Waals surface area contributed by atoms with E-state index >= 15 is 0 Å². The number of amides is 2. The number of nitrogens with one attached hydrogen (secondary N) is 1. The molecule has 2 amide bonds. The van der Waals surface area contributed by atoms with Gasteiger partial charge in [-0.25, -0.2) is 13.2 Å². The van der Waals surface area contributed by atoms with E-state index in [-0.39, 0.29) is 37.2 Å². The average Bonchev–Trinajstić information content (AvgIpc) is 3.85. The summed E-state index contributed by atoms with van der Waals surface area (Å²) in [4.78, 5) is 25.9. The third-order valence-corrected chi connectivity index (χ3v) is 11.4. The van der Waals surface area contributed by atoms with Crippen molar-refractivity contribution in [1.82, 2.24) is 14.5 Å². The molecule has 0 bridgehead atoms. The Morgan fingerprint density at radius 2 is 1.86 bits per heavy atom. The van der Waals surface area contributed by atoms with Gasteiger partial charge in [-0.2, -0.15) is 4.31 Å². The molecule has 2 saturated heterocycles. The number of nitrogens with zero attached hydrogens (tertiary/aromatic N) is 2. The van der Waals surface area contributed by atoms with Crippen LogP contribution < -0.4 is 19.9 Å². The van der Waals surface area contributed by atoms with Crippen molar-refractivity contribution in [1.29, 1.82) is 0 Å². The molecule has 3 aliphatic rings. The second kappa shape index (κ2) is 17.3. The molecule has 2 fully saturated rings. The Hall–Kier alpha value is -3.63. The van der Waals surface area contributed by atoms with Crippen LogP contribution in [0.25, 0.3) is 0 Å². The van der Waals surface area contributed by atoms with E-state index in [1.165, 1.54) is 22.5 Å². The summed E-state index contributed by atoms with van der Waals surface area (Å²) >= 11 is 0. The highest BCUT2D eigenvalue weighted by Crippen LogP contribution is 2.38. The summed E-state index contributed by atoms with van der Waals surface area (Å²) < 4.78 is 57.5. The molecule has 5 rings (SSSR count). The predicted molar refractivity (Wildman–Crippen MR) is 183 cm³/mol. The highest BCUT2D eigenvalue weighted by atomic mass is 32.2. The van der Waals surface area contributed by atoms with Crippen molar-refractivity contribution in [3.05, 3.63) is 54.1 Å². The van der Waals surface area contributed by atoms with E-state index in [2.05, 4.69) is 5.32 Å². The number of fused-ring (bicyclic) bond motifs is 2. The fourth-order valence-electron chi connectivity index (χ4n) is 7.01. The fraction of sp³-hybridized carbons (Fsp3) is 0.611. The van der Waals surface area contributed by atoms with E-state index in [0.717, 1.165) is 16.9 Å². The van der Waals surface area contributed by atoms with Crippen molar-refractivity contribution in [2.45, 2.75) is 88.7 Å². The zero-order chi connectivity index (χ0) is 36.6. The lowest BCUT2D eigenvalue weighted by Crippen LogP contribution is -2.61. The first-order valence-corrected chi connectivity index (χ1v) is 19.1. The minimum Gasteiger partial charge on any atom is -0.530 e. The number of carbonyl (C=O) groups excluding carboxylic acids is 2. The number of hydrogen-bond donors (Lipinski definition) is 2. The molecule has 3 aliphatic heterocycles. The molecule has 0 saturated carbocycles. The molecule has 51 heavy (non-hydrogen) atoms. The highest BCUT2D eigenvalue weighted by molar-refractivity contribution is 7.89. The quantitative estimate of drug-likeness (QED) is 0.216. The fourth-order valence-corrected chi connectivity index (χ4v) is 8.67. The standard InChI is InChI=1S/C36H51N3O11S/c1-4-17-47-34(41)37-16-9-8-15-36(2,3)23-38(51(44,45)26-12-13-31-32(20-26)50-24-49-31)21-30(40)28(19-25-10-6-5-7-11-25)39(35(42)43)29-22-48-33-27(29)14-18-46-33/h5-7,10-13,20,27-30,33,40H,4,8-9,14-19,21-24H2,1-3H3,(H,37,41)(H,42,43)/p-1/t27-,28-,29-,30+,33+/m0/s1. The highest BCUT2D eigenvalue weighted by Gasteiger charge is 2.47. The number of hydrogen-bond acceptors (Lipinski definition) is 11. The minimum atomic E-state index is -4.25. The number of benzene rings is 2. The number of rotatable bonds is 18. The SMILES string of the molecule is CCCOC(=O)NCCCCC(C)(C)CN(C[C@@H](O)[C@H](Cc1ccccc1)N(C(=O)[O-])[C@H]1CO[C@H]2OCC[C@H]21)S(=O)(=O)c1ccc2c(c1)OCO2. The smallest absolute Gasteiger partial charge is 0.407 e. The van der Waals surface area contributed by atoms with Crippen molar-refractivity contribution in [2.24, 2.45) is 11.3 Å². The summed E-state index contributed by atoms with van der Waals surface area (Å²) in [5.41, 5.74) is 0.186. The van der Waals surface area contributed by atoms with Gasteiger partial charge in [0.05, 0.1) is 42.9 Å². The Morgan fingerprint density at radius 1 is 1.10 bits per heavy atom. The van der Waals surface area contributed by atoms with Crippen LogP contribution in [0.1, 0.15) is 58.4 Å². The monoisotopic (exact) mass is 732 g/mol. The maximum atomic E-state index is 14.5. The van der Waals surface area contributed by atoms with E-state index in [0.29, 0.717) is 56.9 Å². The molecule has 2 aromatic carbocycles. The Kier molecular flexibility index (Phi) is 13.1. The Balaban J connectivity index is 1.40. The van der Waals surface area contributed by atoms with Gasteiger partial charge in [0, 0.05) is 31.6 Å². The van der Waals surface area contributed by atoms with Gasteiger partial charge in [0.2, 0.25) is 16.8 Å². The Morgan fingerprint density at radius 3 is 2.61 bits per heavy atom. The summed E-state index contributed by atoms with van der Waals surface area (Å²) in [6.07, 6.45) is -0.597.